The van der Waals surface area contributed by atoms with E-state index in [1.807, 2.05) is 6.92 Å². The number of hydrogen-bond acceptors (Lipinski definition) is 3. The Bertz CT molecular complexity index is 260. The van der Waals surface area contributed by atoms with Crippen molar-refractivity contribution in [2.75, 3.05) is 25.5 Å². The molecular weight excluding hydrogens is 214 g/mol. The van der Waals surface area contributed by atoms with Crippen LogP contribution in [0.2, 0.25) is 0 Å². The van der Waals surface area contributed by atoms with Gasteiger partial charge in [0.05, 0.1) is 5.75 Å². The predicted octanol–water partition coefficient (Wildman–Crippen LogP) is 1.13. The first kappa shape index (κ1) is 12.9. The van der Waals surface area contributed by atoms with Crippen molar-refractivity contribution < 1.29 is 13.2 Å². The van der Waals surface area contributed by atoms with Gasteiger partial charge in [-0.05, 0) is 31.6 Å². The van der Waals surface area contributed by atoms with Gasteiger partial charge in [0.2, 0.25) is 10.0 Å². The molecule has 0 unspecified atom stereocenters. The summed E-state index contributed by atoms with van der Waals surface area (Å²) in [7, 11) is -3.03. The second kappa shape index (κ2) is 6.45. The number of hydrogen-bond donors (Lipinski definition) is 1. The number of sulfonamides is 1. The normalized spacial score (nSPS) is 16.9. The molecule has 0 spiro atoms. The standard InChI is InChI=1S/C10H21NO3S/c1-2-8-15(12,13)11-6-3-7-14-9-10-4-5-10/h10-11H,2-9H2,1H3. The van der Waals surface area contributed by atoms with Crippen LogP contribution >= 0.6 is 0 Å². The largest absolute Gasteiger partial charge is 0.381 e. The fourth-order valence-corrected chi connectivity index (χ4v) is 2.41. The van der Waals surface area contributed by atoms with Crippen molar-refractivity contribution in [1.29, 1.82) is 0 Å². The molecule has 0 bridgehead atoms. The van der Waals surface area contributed by atoms with E-state index in [1.165, 1.54) is 12.8 Å². The second-order valence-corrected chi connectivity index (χ2v) is 6.01. The van der Waals surface area contributed by atoms with E-state index in [4.69, 9.17) is 4.74 Å². The average Bonchev–Trinajstić information content (AvgIpc) is 2.94. The molecule has 1 fully saturated rings. The second-order valence-electron chi connectivity index (χ2n) is 4.09. The van der Waals surface area contributed by atoms with Crippen LogP contribution in [0.5, 0.6) is 0 Å². The van der Waals surface area contributed by atoms with E-state index >= 15 is 0 Å². The molecule has 0 radical (unpaired) electrons. The summed E-state index contributed by atoms with van der Waals surface area (Å²) in [5, 5.41) is 0. The van der Waals surface area contributed by atoms with E-state index in [2.05, 4.69) is 4.72 Å². The number of ether oxygens (including phenoxy) is 1. The average molecular weight is 235 g/mol. The van der Waals surface area contributed by atoms with Crippen LogP contribution in [0.4, 0.5) is 0 Å². The molecule has 0 aromatic rings. The Kier molecular flexibility index (Phi) is 5.56. The molecule has 4 nitrogen and oxygen atoms in total. The lowest BCUT2D eigenvalue weighted by atomic mass is 10.4. The zero-order chi connectivity index (χ0) is 11.1. The molecule has 90 valence electrons. The zero-order valence-corrected chi connectivity index (χ0v) is 10.2. The van der Waals surface area contributed by atoms with E-state index in [1.54, 1.807) is 0 Å². The van der Waals surface area contributed by atoms with Crippen molar-refractivity contribution in [1.82, 2.24) is 4.72 Å². The summed E-state index contributed by atoms with van der Waals surface area (Å²) < 4.78 is 30.4. The van der Waals surface area contributed by atoms with Gasteiger partial charge < -0.3 is 4.74 Å². The van der Waals surface area contributed by atoms with Gasteiger partial charge in [-0.2, -0.15) is 0 Å². The third-order valence-electron chi connectivity index (χ3n) is 2.31. The summed E-state index contributed by atoms with van der Waals surface area (Å²) in [6.45, 7) is 3.86. The molecule has 0 heterocycles. The molecule has 5 heteroatoms. The minimum atomic E-state index is -3.03. The van der Waals surface area contributed by atoms with Crippen LogP contribution in [0.3, 0.4) is 0 Å². The SMILES string of the molecule is CCCS(=O)(=O)NCCCOCC1CC1. The minimum absolute atomic E-state index is 0.218. The maximum absolute atomic E-state index is 11.2. The summed E-state index contributed by atoms with van der Waals surface area (Å²) in [5.74, 6) is 0.998. The molecule has 15 heavy (non-hydrogen) atoms. The highest BCUT2D eigenvalue weighted by Crippen LogP contribution is 2.28. The van der Waals surface area contributed by atoms with Crippen molar-refractivity contribution in [3.63, 3.8) is 0 Å². The Morgan fingerprint density at radius 3 is 2.73 bits per heavy atom. The lowest BCUT2D eigenvalue weighted by molar-refractivity contribution is 0.123. The van der Waals surface area contributed by atoms with E-state index in [-0.39, 0.29) is 5.75 Å². The molecule has 1 rings (SSSR count). The third-order valence-corrected chi connectivity index (χ3v) is 3.90. The molecule has 0 aromatic heterocycles. The zero-order valence-electron chi connectivity index (χ0n) is 9.37. The smallest absolute Gasteiger partial charge is 0.211 e. The summed E-state index contributed by atoms with van der Waals surface area (Å²) in [6, 6.07) is 0. The number of nitrogens with one attached hydrogen (secondary N) is 1. The first-order chi connectivity index (χ1) is 7.14. The molecular formula is C10H21NO3S. The van der Waals surface area contributed by atoms with Crippen LogP contribution in [0.1, 0.15) is 32.6 Å². The molecule has 1 N–H and O–H groups in total. The number of rotatable bonds is 9. The van der Waals surface area contributed by atoms with Crippen molar-refractivity contribution in [2.24, 2.45) is 5.92 Å². The lowest BCUT2D eigenvalue weighted by Gasteiger charge is -2.05. The van der Waals surface area contributed by atoms with Gasteiger partial charge in [-0.25, -0.2) is 13.1 Å². The van der Waals surface area contributed by atoms with Crippen LogP contribution in [0, 0.1) is 5.92 Å². The van der Waals surface area contributed by atoms with Crippen molar-refractivity contribution in [2.45, 2.75) is 32.6 Å². The van der Waals surface area contributed by atoms with Crippen molar-refractivity contribution in [3.05, 3.63) is 0 Å². The third kappa shape index (κ3) is 6.87. The molecule has 0 saturated heterocycles. The maximum Gasteiger partial charge on any atom is 0.211 e. The van der Waals surface area contributed by atoms with Crippen LogP contribution in [0.25, 0.3) is 0 Å². The summed E-state index contributed by atoms with van der Waals surface area (Å²) in [6.07, 6.45) is 4.01. The van der Waals surface area contributed by atoms with E-state index in [9.17, 15) is 8.42 Å². The Labute approximate surface area is 92.4 Å². The summed E-state index contributed by atoms with van der Waals surface area (Å²) >= 11 is 0. The van der Waals surface area contributed by atoms with Gasteiger partial charge in [-0.1, -0.05) is 6.92 Å². The molecule has 1 saturated carbocycles. The molecule has 1 aliphatic carbocycles. The predicted molar refractivity (Wildman–Crippen MR) is 60.2 cm³/mol. The molecule has 0 amide bonds. The van der Waals surface area contributed by atoms with Crippen molar-refractivity contribution >= 4 is 10.0 Å². The van der Waals surface area contributed by atoms with Crippen LogP contribution < -0.4 is 4.72 Å². The van der Waals surface area contributed by atoms with E-state index < -0.39 is 10.0 Å². The minimum Gasteiger partial charge on any atom is -0.381 e. The van der Waals surface area contributed by atoms with Crippen molar-refractivity contribution in [3.8, 4) is 0 Å². The van der Waals surface area contributed by atoms with Crippen LogP contribution in [-0.2, 0) is 14.8 Å². The Hall–Kier alpha value is -0.130. The van der Waals surface area contributed by atoms with Gasteiger partial charge in [0.1, 0.15) is 0 Å². The van der Waals surface area contributed by atoms with Crippen LogP contribution in [-0.4, -0.2) is 33.9 Å². The first-order valence-electron chi connectivity index (χ1n) is 5.69. The maximum atomic E-state index is 11.2. The molecule has 0 aliphatic heterocycles. The highest BCUT2D eigenvalue weighted by molar-refractivity contribution is 7.89. The highest BCUT2D eigenvalue weighted by atomic mass is 32.2. The molecule has 0 aromatic carbocycles. The Morgan fingerprint density at radius 1 is 1.40 bits per heavy atom. The quantitative estimate of drug-likeness (QED) is 0.610. The van der Waals surface area contributed by atoms with Gasteiger partial charge in [0.15, 0.2) is 0 Å². The van der Waals surface area contributed by atoms with Gasteiger partial charge in [0, 0.05) is 19.8 Å². The first-order valence-corrected chi connectivity index (χ1v) is 7.34. The van der Waals surface area contributed by atoms with Gasteiger partial charge in [-0.3, -0.25) is 0 Å². The fourth-order valence-electron chi connectivity index (χ4n) is 1.28. The molecule has 0 atom stereocenters. The Balaban J connectivity index is 1.90. The van der Waals surface area contributed by atoms with Gasteiger partial charge in [0.25, 0.3) is 0 Å². The van der Waals surface area contributed by atoms with Gasteiger partial charge >= 0.3 is 0 Å². The van der Waals surface area contributed by atoms with E-state index in [0.717, 1.165) is 18.9 Å². The summed E-state index contributed by atoms with van der Waals surface area (Å²) in [5.41, 5.74) is 0. The van der Waals surface area contributed by atoms with Crippen LogP contribution in [0.15, 0.2) is 0 Å². The topological polar surface area (TPSA) is 55.4 Å². The lowest BCUT2D eigenvalue weighted by Crippen LogP contribution is -2.27. The molecule has 1 aliphatic rings. The monoisotopic (exact) mass is 235 g/mol. The summed E-state index contributed by atoms with van der Waals surface area (Å²) in [4.78, 5) is 0. The van der Waals surface area contributed by atoms with E-state index in [0.29, 0.717) is 19.6 Å². The fraction of sp³-hybridized carbons (Fsp3) is 1.00. The highest BCUT2D eigenvalue weighted by Gasteiger charge is 2.20. The Morgan fingerprint density at radius 2 is 2.13 bits per heavy atom. The van der Waals surface area contributed by atoms with Gasteiger partial charge in [-0.15, -0.1) is 0 Å².